The third-order valence-electron chi connectivity index (χ3n) is 7.56. The maximum Gasteiger partial charge on any atom is 0.410 e. The fraction of sp³-hybridized carbons (Fsp3) is 0.571. The van der Waals surface area contributed by atoms with Gasteiger partial charge in [-0.15, -0.1) is 6.58 Å². The summed E-state index contributed by atoms with van der Waals surface area (Å²) in [6, 6.07) is 10.1. The van der Waals surface area contributed by atoms with E-state index in [-0.39, 0.29) is 18.6 Å². The van der Waals surface area contributed by atoms with E-state index in [0.29, 0.717) is 38.3 Å². The van der Waals surface area contributed by atoms with Crippen LogP contribution in [0.1, 0.15) is 52.0 Å². The first-order chi connectivity index (χ1) is 17.6. The number of piperidine rings is 2. The molecular formula is C28H36N4O5. The molecule has 3 aliphatic rings. The number of nitrogens with one attached hydrogen (secondary N) is 1. The smallest absolute Gasteiger partial charge is 0.410 e. The van der Waals surface area contributed by atoms with Crippen molar-refractivity contribution in [3.8, 4) is 6.07 Å². The predicted octanol–water partition coefficient (Wildman–Crippen LogP) is 4.00. The van der Waals surface area contributed by atoms with Crippen LogP contribution in [0.15, 0.2) is 43.0 Å². The molecule has 0 radical (unpaired) electrons. The molecule has 3 amide bonds. The number of carbonyl (C=O) groups is 3. The number of ether oxygens (including phenoxy) is 2. The van der Waals surface area contributed by atoms with Crippen molar-refractivity contribution in [2.45, 2.75) is 76.8 Å². The molecule has 3 fully saturated rings. The Morgan fingerprint density at radius 2 is 1.89 bits per heavy atom. The van der Waals surface area contributed by atoms with Gasteiger partial charge in [0.2, 0.25) is 5.91 Å². The zero-order valence-corrected chi connectivity index (χ0v) is 21.8. The van der Waals surface area contributed by atoms with E-state index in [2.05, 4.69) is 18.0 Å². The number of amides is 3. The Labute approximate surface area is 218 Å². The topological polar surface area (TPSA) is 112 Å². The Bertz CT molecular complexity index is 1070. The van der Waals surface area contributed by atoms with Crippen molar-refractivity contribution < 1.29 is 23.9 Å². The lowest BCUT2D eigenvalue weighted by Gasteiger charge is -2.45. The van der Waals surface area contributed by atoms with Gasteiger partial charge in [0.05, 0.1) is 6.07 Å². The zero-order valence-electron chi connectivity index (χ0n) is 21.8. The van der Waals surface area contributed by atoms with Crippen molar-refractivity contribution >= 4 is 18.1 Å². The van der Waals surface area contributed by atoms with Gasteiger partial charge in [0.15, 0.2) is 0 Å². The van der Waals surface area contributed by atoms with Gasteiger partial charge in [0.1, 0.15) is 24.3 Å². The molecule has 1 aromatic carbocycles. The Morgan fingerprint density at radius 1 is 1.22 bits per heavy atom. The average Bonchev–Trinajstić information content (AvgIpc) is 3.54. The van der Waals surface area contributed by atoms with Crippen LogP contribution in [-0.4, -0.2) is 64.7 Å². The average molecular weight is 509 g/mol. The van der Waals surface area contributed by atoms with E-state index < -0.39 is 35.3 Å². The SMILES string of the molecule is C=CC1([C@H](NC(=O)OCc2ccccc2)C(=O)N2[C@H](C#N)C[C@@H]3C[C@@H]32)CCN(C(=O)OC(C)(C)C)CC1. The molecule has 0 aromatic heterocycles. The first kappa shape index (κ1) is 26.5. The number of fused-ring (bicyclic) bond motifs is 1. The number of nitriles is 1. The number of hydrogen-bond acceptors (Lipinski definition) is 6. The van der Waals surface area contributed by atoms with E-state index in [4.69, 9.17) is 9.47 Å². The zero-order chi connectivity index (χ0) is 26.8. The maximum absolute atomic E-state index is 14.0. The van der Waals surface area contributed by atoms with Crippen LogP contribution in [-0.2, 0) is 20.9 Å². The highest BCUT2D eigenvalue weighted by atomic mass is 16.6. The van der Waals surface area contributed by atoms with Gasteiger partial charge in [0, 0.05) is 24.5 Å². The standard InChI is InChI=1S/C28H36N4O5/c1-5-28(11-13-31(14-12-28)26(35)37-27(2,3)4)23(24(33)32-21(17-29)15-20-16-22(20)32)30-25(34)36-18-19-9-7-6-8-10-19/h5-10,20-23H,1,11-16,18H2,2-4H3,(H,30,34)/t20-,21+,22+,23-/m1/s1. The number of likely N-dealkylation sites (tertiary alicyclic amines) is 2. The molecule has 4 atom stereocenters. The van der Waals surface area contributed by atoms with Crippen LogP contribution < -0.4 is 5.32 Å². The Hall–Kier alpha value is -3.54. The van der Waals surface area contributed by atoms with Crippen LogP contribution in [0.5, 0.6) is 0 Å². The fourth-order valence-electron chi connectivity index (χ4n) is 5.41. The van der Waals surface area contributed by atoms with E-state index in [1.165, 1.54) is 0 Å². The quantitative estimate of drug-likeness (QED) is 0.582. The van der Waals surface area contributed by atoms with Gasteiger partial charge in [-0.1, -0.05) is 36.4 Å². The van der Waals surface area contributed by atoms with Crippen molar-refractivity contribution in [2.75, 3.05) is 13.1 Å². The first-order valence-corrected chi connectivity index (χ1v) is 12.9. The Balaban J connectivity index is 1.52. The van der Waals surface area contributed by atoms with E-state index in [1.807, 2.05) is 51.1 Å². The summed E-state index contributed by atoms with van der Waals surface area (Å²) >= 11 is 0. The molecule has 198 valence electrons. The van der Waals surface area contributed by atoms with Crippen LogP contribution in [0.25, 0.3) is 0 Å². The minimum absolute atomic E-state index is 0.0329. The fourth-order valence-corrected chi connectivity index (χ4v) is 5.41. The number of alkyl carbamates (subject to hydrolysis) is 1. The molecule has 9 nitrogen and oxygen atoms in total. The summed E-state index contributed by atoms with van der Waals surface area (Å²) in [5, 5.41) is 12.5. The lowest BCUT2D eigenvalue weighted by Crippen LogP contribution is -2.61. The van der Waals surface area contributed by atoms with Gasteiger partial charge < -0.3 is 24.6 Å². The number of hydrogen-bond donors (Lipinski definition) is 1. The summed E-state index contributed by atoms with van der Waals surface area (Å²) in [5.74, 6) is 0.0480. The van der Waals surface area contributed by atoms with Gasteiger partial charge in [-0.05, 0) is 57.9 Å². The monoisotopic (exact) mass is 508 g/mol. The Morgan fingerprint density at radius 3 is 2.49 bits per heavy atom. The normalized spacial score (nSPS) is 24.8. The van der Waals surface area contributed by atoms with Crippen LogP contribution in [0.2, 0.25) is 0 Å². The molecule has 2 heterocycles. The molecule has 9 heteroatoms. The van der Waals surface area contributed by atoms with Crippen LogP contribution >= 0.6 is 0 Å². The number of rotatable bonds is 6. The molecule has 4 rings (SSSR count). The lowest BCUT2D eigenvalue weighted by molar-refractivity contribution is -0.137. The molecule has 37 heavy (non-hydrogen) atoms. The highest BCUT2D eigenvalue weighted by molar-refractivity contribution is 5.88. The van der Waals surface area contributed by atoms with Gasteiger partial charge in [-0.3, -0.25) is 4.79 Å². The molecule has 1 aromatic rings. The van der Waals surface area contributed by atoms with E-state index >= 15 is 0 Å². The van der Waals surface area contributed by atoms with Crippen molar-refractivity contribution in [2.24, 2.45) is 11.3 Å². The molecular weight excluding hydrogens is 472 g/mol. The Kier molecular flexibility index (Phi) is 7.49. The number of carbonyl (C=O) groups excluding carboxylic acids is 3. The van der Waals surface area contributed by atoms with E-state index in [0.717, 1.165) is 12.0 Å². The van der Waals surface area contributed by atoms with Gasteiger partial charge in [0.25, 0.3) is 0 Å². The second-order valence-corrected chi connectivity index (χ2v) is 11.2. The third-order valence-corrected chi connectivity index (χ3v) is 7.56. The summed E-state index contributed by atoms with van der Waals surface area (Å²) in [7, 11) is 0. The molecule has 0 spiro atoms. The van der Waals surface area contributed by atoms with Crippen molar-refractivity contribution in [3.63, 3.8) is 0 Å². The largest absolute Gasteiger partial charge is 0.445 e. The molecule has 2 aliphatic heterocycles. The van der Waals surface area contributed by atoms with E-state index in [9.17, 15) is 19.6 Å². The van der Waals surface area contributed by atoms with Gasteiger partial charge in [-0.25, -0.2) is 9.59 Å². The molecule has 0 unspecified atom stereocenters. The van der Waals surface area contributed by atoms with Crippen LogP contribution in [0.3, 0.4) is 0 Å². The molecule has 2 saturated heterocycles. The molecule has 1 saturated carbocycles. The minimum Gasteiger partial charge on any atom is -0.445 e. The first-order valence-electron chi connectivity index (χ1n) is 12.9. The predicted molar refractivity (Wildman–Crippen MR) is 136 cm³/mol. The second kappa shape index (κ2) is 10.4. The summed E-state index contributed by atoms with van der Waals surface area (Å²) < 4.78 is 11.0. The number of nitrogens with zero attached hydrogens (tertiary/aromatic N) is 3. The number of benzene rings is 1. The summed E-state index contributed by atoms with van der Waals surface area (Å²) in [6.45, 7) is 10.2. The summed E-state index contributed by atoms with van der Waals surface area (Å²) in [5.41, 5.74) is -0.598. The van der Waals surface area contributed by atoms with Crippen molar-refractivity contribution in [1.82, 2.24) is 15.1 Å². The lowest BCUT2D eigenvalue weighted by atomic mass is 9.71. The van der Waals surface area contributed by atoms with Crippen LogP contribution in [0, 0.1) is 22.7 Å². The van der Waals surface area contributed by atoms with Gasteiger partial charge >= 0.3 is 12.2 Å². The maximum atomic E-state index is 14.0. The van der Waals surface area contributed by atoms with Gasteiger partial charge in [-0.2, -0.15) is 5.26 Å². The second-order valence-electron chi connectivity index (χ2n) is 11.2. The molecule has 0 bridgehead atoms. The highest BCUT2D eigenvalue weighted by Gasteiger charge is 2.57. The third kappa shape index (κ3) is 5.90. The van der Waals surface area contributed by atoms with Crippen molar-refractivity contribution in [3.05, 3.63) is 48.6 Å². The highest BCUT2D eigenvalue weighted by Crippen LogP contribution is 2.49. The minimum atomic E-state index is -0.968. The summed E-state index contributed by atoms with van der Waals surface area (Å²) in [6.07, 6.45) is 2.94. The molecule has 1 aliphatic carbocycles. The molecule has 1 N–H and O–H groups in total. The van der Waals surface area contributed by atoms with Crippen LogP contribution in [0.4, 0.5) is 9.59 Å². The van der Waals surface area contributed by atoms with Crippen molar-refractivity contribution in [1.29, 1.82) is 5.26 Å². The van der Waals surface area contributed by atoms with E-state index in [1.54, 1.807) is 15.9 Å². The summed E-state index contributed by atoms with van der Waals surface area (Å²) in [4.78, 5) is 42.8.